The van der Waals surface area contributed by atoms with Crippen LogP contribution in [0.1, 0.15) is 22.7 Å². The van der Waals surface area contributed by atoms with Gasteiger partial charge in [0.25, 0.3) is 0 Å². The zero-order valence-electron chi connectivity index (χ0n) is 11.8. The van der Waals surface area contributed by atoms with Crippen LogP contribution in [0.3, 0.4) is 0 Å². The van der Waals surface area contributed by atoms with E-state index in [0.717, 1.165) is 32.7 Å². The number of hydrogen-bond acceptors (Lipinski definition) is 3. The third kappa shape index (κ3) is 3.31. The Kier molecular flexibility index (Phi) is 4.38. The SMILES string of the molecule is Cc1ccc(C(N)CN2CCN(C)CC2)c(C)c1. The first-order valence-corrected chi connectivity index (χ1v) is 6.80. The van der Waals surface area contributed by atoms with E-state index >= 15 is 0 Å². The highest BCUT2D eigenvalue weighted by atomic mass is 15.2. The second-order valence-electron chi connectivity index (χ2n) is 5.57. The number of nitrogens with zero attached hydrogens (tertiary/aromatic N) is 2. The number of benzene rings is 1. The van der Waals surface area contributed by atoms with Gasteiger partial charge in [0.2, 0.25) is 0 Å². The van der Waals surface area contributed by atoms with Crippen molar-refractivity contribution in [1.29, 1.82) is 0 Å². The summed E-state index contributed by atoms with van der Waals surface area (Å²) in [5.41, 5.74) is 10.3. The van der Waals surface area contributed by atoms with Crippen molar-refractivity contribution in [3.05, 3.63) is 34.9 Å². The second kappa shape index (κ2) is 5.83. The lowest BCUT2D eigenvalue weighted by atomic mass is 9.99. The largest absolute Gasteiger partial charge is 0.323 e. The van der Waals surface area contributed by atoms with Crippen molar-refractivity contribution in [2.75, 3.05) is 39.8 Å². The van der Waals surface area contributed by atoms with Gasteiger partial charge in [-0.25, -0.2) is 0 Å². The summed E-state index contributed by atoms with van der Waals surface area (Å²) in [5.74, 6) is 0. The lowest BCUT2D eigenvalue weighted by Crippen LogP contribution is -2.46. The van der Waals surface area contributed by atoms with Crippen LogP contribution in [0.2, 0.25) is 0 Å². The molecular weight excluding hydrogens is 222 g/mol. The Balaban J connectivity index is 1.97. The molecule has 0 spiro atoms. The minimum absolute atomic E-state index is 0.133. The van der Waals surface area contributed by atoms with E-state index in [9.17, 15) is 0 Å². The highest BCUT2D eigenvalue weighted by Crippen LogP contribution is 2.18. The molecule has 0 saturated carbocycles. The van der Waals surface area contributed by atoms with E-state index in [0.29, 0.717) is 0 Å². The Labute approximate surface area is 111 Å². The van der Waals surface area contributed by atoms with Gasteiger partial charge in [0, 0.05) is 38.8 Å². The molecule has 0 radical (unpaired) electrons. The summed E-state index contributed by atoms with van der Waals surface area (Å²) in [6.07, 6.45) is 0. The molecule has 1 fully saturated rings. The lowest BCUT2D eigenvalue weighted by molar-refractivity contribution is 0.147. The minimum Gasteiger partial charge on any atom is -0.323 e. The fraction of sp³-hybridized carbons (Fsp3) is 0.600. The zero-order valence-corrected chi connectivity index (χ0v) is 11.8. The molecule has 1 atom stereocenters. The highest BCUT2D eigenvalue weighted by Gasteiger charge is 2.18. The number of nitrogens with two attached hydrogens (primary N) is 1. The van der Waals surface area contributed by atoms with Gasteiger partial charge in [-0.05, 0) is 32.0 Å². The van der Waals surface area contributed by atoms with Crippen molar-refractivity contribution < 1.29 is 0 Å². The normalized spacial score (nSPS) is 20.0. The molecule has 3 nitrogen and oxygen atoms in total. The molecule has 3 heteroatoms. The first-order chi connectivity index (χ1) is 8.56. The molecule has 1 aliphatic rings. The van der Waals surface area contributed by atoms with Gasteiger partial charge < -0.3 is 10.6 Å². The summed E-state index contributed by atoms with van der Waals surface area (Å²) < 4.78 is 0. The van der Waals surface area contributed by atoms with Crippen LogP contribution >= 0.6 is 0 Å². The second-order valence-corrected chi connectivity index (χ2v) is 5.57. The van der Waals surface area contributed by atoms with Crippen LogP contribution in [0.25, 0.3) is 0 Å². The molecule has 2 rings (SSSR count). The monoisotopic (exact) mass is 247 g/mol. The maximum Gasteiger partial charge on any atom is 0.0426 e. The van der Waals surface area contributed by atoms with Gasteiger partial charge in [-0.15, -0.1) is 0 Å². The van der Waals surface area contributed by atoms with Crippen molar-refractivity contribution in [2.45, 2.75) is 19.9 Å². The zero-order chi connectivity index (χ0) is 13.1. The van der Waals surface area contributed by atoms with Crippen LogP contribution in [0, 0.1) is 13.8 Å². The van der Waals surface area contributed by atoms with Crippen molar-refractivity contribution in [3.63, 3.8) is 0 Å². The number of aryl methyl sites for hydroxylation is 2. The van der Waals surface area contributed by atoms with Crippen molar-refractivity contribution >= 4 is 0 Å². The van der Waals surface area contributed by atoms with E-state index < -0.39 is 0 Å². The predicted octanol–water partition coefficient (Wildman–Crippen LogP) is 1.55. The maximum absolute atomic E-state index is 6.36. The van der Waals surface area contributed by atoms with Gasteiger partial charge in [0.05, 0.1) is 0 Å². The molecule has 0 aliphatic carbocycles. The predicted molar refractivity (Wildman–Crippen MR) is 76.8 cm³/mol. The topological polar surface area (TPSA) is 32.5 Å². The third-order valence-electron chi connectivity index (χ3n) is 3.88. The molecule has 1 saturated heterocycles. The van der Waals surface area contributed by atoms with Crippen molar-refractivity contribution in [3.8, 4) is 0 Å². The molecule has 0 aromatic heterocycles. The molecule has 1 aromatic rings. The molecule has 100 valence electrons. The van der Waals surface area contributed by atoms with Crippen LogP contribution in [0.4, 0.5) is 0 Å². The van der Waals surface area contributed by atoms with Crippen molar-refractivity contribution in [1.82, 2.24) is 9.80 Å². The molecule has 1 aliphatic heterocycles. The van der Waals surface area contributed by atoms with Gasteiger partial charge in [-0.1, -0.05) is 23.8 Å². The standard InChI is InChI=1S/C15H25N3/c1-12-4-5-14(13(2)10-12)15(16)11-18-8-6-17(3)7-9-18/h4-5,10,15H,6-9,11,16H2,1-3H3. The van der Waals surface area contributed by atoms with Crippen molar-refractivity contribution in [2.24, 2.45) is 5.73 Å². The summed E-state index contributed by atoms with van der Waals surface area (Å²) in [4.78, 5) is 4.85. The summed E-state index contributed by atoms with van der Waals surface area (Å²) in [5, 5.41) is 0. The molecule has 1 aromatic carbocycles. The Morgan fingerprint density at radius 2 is 1.83 bits per heavy atom. The molecule has 0 bridgehead atoms. The molecular formula is C15H25N3. The van der Waals surface area contributed by atoms with E-state index in [-0.39, 0.29) is 6.04 Å². The molecule has 18 heavy (non-hydrogen) atoms. The first-order valence-electron chi connectivity index (χ1n) is 6.80. The van der Waals surface area contributed by atoms with Gasteiger partial charge in [0.15, 0.2) is 0 Å². The van der Waals surface area contributed by atoms with Gasteiger partial charge >= 0.3 is 0 Å². The number of piperazine rings is 1. The smallest absolute Gasteiger partial charge is 0.0426 e. The highest BCUT2D eigenvalue weighted by molar-refractivity contribution is 5.32. The fourth-order valence-electron chi connectivity index (χ4n) is 2.65. The fourth-order valence-corrected chi connectivity index (χ4v) is 2.65. The minimum atomic E-state index is 0.133. The number of rotatable bonds is 3. The summed E-state index contributed by atoms with van der Waals surface area (Å²) in [6, 6.07) is 6.70. The summed E-state index contributed by atoms with van der Waals surface area (Å²) in [7, 11) is 2.18. The Morgan fingerprint density at radius 3 is 2.44 bits per heavy atom. The molecule has 2 N–H and O–H groups in total. The average Bonchev–Trinajstić information content (AvgIpc) is 2.32. The Hall–Kier alpha value is -0.900. The summed E-state index contributed by atoms with van der Waals surface area (Å²) in [6.45, 7) is 9.83. The molecule has 1 unspecified atom stereocenters. The Morgan fingerprint density at radius 1 is 1.17 bits per heavy atom. The van der Waals surface area contributed by atoms with Crippen LogP contribution in [-0.2, 0) is 0 Å². The van der Waals surface area contributed by atoms with Crippen LogP contribution < -0.4 is 5.73 Å². The average molecular weight is 247 g/mol. The lowest BCUT2D eigenvalue weighted by Gasteiger charge is -2.34. The van der Waals surface area contributed by atoms with E-state index in [1.807, 2.05) is 0 Å². The van der Waals surface area contributed by atoms with E-state index in [2.05, 4.69) is 48.9 Å². The number of hydrogen-bond donors (Lipinski definition) is 1. The molecule has 1 heterocycles. The third-order valence-corrected chi connectivity index (χ3v) is 3.88. The quantitative estimate of drug-likeness (QED) is 0.879. The van der Waals surface area contributed by atoms with Gasteiger partial charge in [-0.3, -0.25) is 4.90 Å². The molecule has 0 amide bonds. The Bertz CT molecular complexity index is 395. The maximum atomic E-state index is 6.36. The summed E-state index contributed by atoms with van der Waals surface area (Å²) >= 11 is 0. The van der Waals surface area contributed by atoms with Gasteiger partial charge in [-0.2, -0.15) is 0 Å². The van der Waals surface area contributed by atoms with Crippen LogP contribution in [0.5, 0.6) is 0 Å². The van der Waals surface area contributed by atoms with E-state index in [1.54, 1.807) is 0 Å². The van der Waals surface area contributed by atoms with Crippen LogP contribution in [0.15, 0.2) is 18.2 Å². The van der Waals surface area contributed by atoms with Crippen LogP contribution in [-0.4, -0.2) is 49.6 Å². The number of likely N-dealkylation sites (N-methyl/N-ethyl adjacent to an activating group) is 1. The van der Waals surface area contributed by atoms with Gasteiger partial charge in [0.1, 0.15) is 0 Å². The first kappa shape index (κ1) is 13.5. The van der Waals surface area contributed by atoms with E-state index in [4.69, 9.17) is 5.73 Å². The van der Waals surface area contributed by atoms with E-state index in [1.165, 1.54) is 16.7 Å².